The summed E-state index contributed by atoms with van der Waals surface area (Å²) < 4.78 is 1.77. The smallest absolute Gasteiger partial charge is 0.128 e. The van der Waals surface area contributed by atoms with E-state index in [1.54, 1.807) is 10.8 Å². The SMILES string of the molecule is CN1CCCC(N(C)C)C1.Cn1c(Cl)cnc1CCC=O. The highest BCUT2D eigenvalue weighted by molar-refractivity contribution is 6.29. The maximum atomic E-state index is 10.0. The Hall–Kier alpha value is -0.910. The number of likely N-dealkylation sites (tertiary alicyclic amines) is 1. The number of rotatable bonds is 4. The summed E-state index contributed by atoms with van der Waals surface area (Å²) in [7, 11) is 8.37. The number of imidazole rings is 1. The van der Waals surface area contributed by atoms with Gasteiger partial charge < -0.3 is 19.2 Å². The molecule has 0 N–H and O–H groups in total. The third-order valence-corrected chi connectivity index (χ3v) is 4.19. The number of hydrogen-bond acceptors (Lipinski definition) is 4. The van der Waals surface area contributed by atoms with Gasteiger partial charge in [-0.1, -0.05) is 11.6 Å². The van der Waals surface area contributed by atoms with Crippen molar-refractivity contribution in [3.63, 3.8) is 0 Å². The van der Waals surface area contributed by atoms with Gasteiger partial charge in [0.25, 0.3) is 0 Å². The Morgan fingerprint density at radius 1 is 1.48 bits per heavy atom. The molecule has 1 aromatic heterocycles. The summed E-state index contributed by atoms with van der Waals surface area (Å²) >= 11 is 5.72. The lowest BCUT2D eigenvalue weighted by Gasteiger charge is -2.33. The van der Waals surface area contributed by atoms with Gasteiger partial charge >= 0.3 is 0 Å². The van der Waals surface area contributed by atoms with Crippen LogP contribution in [-0.2, 0) is 18.3 Å². The predicted octanol–water partition coefficient (Wildman–Crippen LogP) is 1.85. The molecule has 1 aliphatic rings. The zero-order chi connectivity index (χ0) is 15.8. The fourth-order valence-corrected chi connectivity index (χ4v) is 2.55. The quantitative estimate of drug-likeness (QED) is 0.795. The minimum Gasteiger partial charge on any atom is -0.322 e. The van der Waals surface area contributed by atoms with Crippen LogP contribution in [0.5, 0.6) is 0 Å². The second-order valence-corrected chi connectivity index (χ2v) is 6.17. The minimum atomic E-state index is 0.501. The van der Waals surface area contributed by atoms with Gasteiger partial charge in [-0.05, 0) is 40.5 Å². The lowest BCUT2D eigenvalue weighted by molar-refractivity contribution is -0.107. The summed E-state index contributed by atoms with van der Waals surface area (Å²) in [4.78, 5) is 18.8. The van der Waals surface area contributed by atoms with Gasteiger partial charge in [0.2, 0.25) is 0 Å². The Labute approximate surface area is 132 Å². The number of aldehydes is 1. The van der Waals surface area contributed by atoms with Gasteiger partial charge in [-0.25, -0.2) is 4.98 Å². The first-order valence-corrected chi connectivity index (χ1v) is 7.78. The minimum absolute atomic E-state index is 0.501. The molecule has 1 aliphatic heterocycles. The first-order chi connectivity index (χ1) is 9.95. The molecular weight excluding hydrogens is 288 g/mol. The van der Waals surface area contributed by atoms with Crippen molar-refractivity contribution in [1.82, 2.24) is 19.4 Å². The molecule has 1 unspecified atom stereocenters. The monoisotopic (exact) mass is 314 g/mol. The highest BCUT2D eigenvalue weighted by atomic mass is 35.5. The molecule has 21 heavy (non-hydrogen) atoms. The van der Waals surface area contributed by atoms with Crippen molar-refractivity contribution < 1.29 is 4.79 Å². The first-order valence-electron chi connectivity index (χ1n) is 7.40. The van der Waals surface area contributed by atoms with Gasteiger partial charge in [-0.2, -0.15) is 0 Å². The summed E-state index contributed by atoms with van der Waals surface area (Å²) in [5.41, 5.74) is 0. The molecule has 0 aromatic carbocycles. The Morgan fingerprint density at radius 3 is 2.62 bits per heavy atom. The van der Waals surface area contributed by atoms with Crippen LogP contribution in [0.3, 0.4) is 0 Å². The highest BCUT2D eigenvalue weighted by Gasteiger charge is 2.17. The van der Waals surface area contributed by atoms with Gasteiger partial charge in [0.15, 0.2) is 0 Å². The van der Waals surface area contributed by atoms with Crippen LogP contribution in [0.25, 0.3) is 0 Å². The van der Waals surface area contributed by atoms with E-state index in [0.717, 1.165) is 18.2 Å². The number of hydrogen-bond donors (Lipinski definition) is 0. The summed E-state index contributed by atoms with van der Waals surface area (Å²) in [5.74, 6) is 0.849. The van der Waals surface area contributed by atoms with Crippen LogP contribution in [0, 0.1) is 0 Å². The normalized spacial score (nSPS) is 19.2. The molecule has 0 saturated carbocycles. The lowest BCUT2D eigenvalue weighted by atomic mass is 10.1. The summed E-state index contributed by atoms with van der Waals surface area (Å²) in [5, 5.41) is 0.603. The summed E-state index contributed by atoms with van der Waals surface area (Å²) in [6.07, 6.45) is 6.36. The van der Waals surface area contributed by atoms with Crippen molar-refractivity contribution in [2.45, 2.75) is 31.7 Å². The van der Waals surface area contributed by atoms with Gasteiger partial charge in [0.1, 0.15) is 17.3 Å². The number of carbonyl (C=O) groups is 1. The third-order valence-electron chi connectivity index (χ3n) is 3.84. The van der Waals surface area contributed by atoms with E-state index in [1.165, 1.54) is 25.9 Å². The van der Waals surface area contributed by atoms with Crippen LogP contribution in [0.2, 0.25) is 5.15 Å². The molecule has 5 nitrogen and oxygen atoms in total. The van der Waals surface area contributed by atoms with Gasteiger partial charge in [-0.15, -0.1) is 0 Å². The third kappa shape index (κ3) is 6.16. The number of halogens is 1. The summed E-state index contributed by atoms with van der Waals surface area (Å²) in [6.45, 7) is 2.53. The number of piperidine rings is 1. The van der Waals surface area contributed by atoms with Crippen LogP contribution in [0.15, 0.2) is 6.20 Å². The second-order valence-electron chi connectivity index (χ2n) is 5.78. The zero-order valence-corrected chi connectivity index (χ0v) is 14.3. The van der Waals surface area contributed by atoms with Crippen LogP contribution in [0.1, 0.15) is 25.1 Å². The molecule has 0 bridgehead atoms. The van der Waals surface area contributed by atoms with E-state index < -0.39 is 0 Å². The van der Waals surface area contributed by atoms with Crippen molar-refractivity contribution in [3.8, 4) is 0 Å². The molecule has 1 saturated heterocycles. The molecule has 0 radical (unpaired) electrons. The Bertz CT molecular complexity index is 433. The van der Waals surface area contributed by atoms with Gasteiger partial charge in [0.05, 0.1) is 6.20 Å². The fourth-order valence-electron chi connectivity index (χ4n) is 2.41. The number of nitrogens with zero attached hydrogens (tertiary/aromatic N) is 4. The van der Waals surface area contributed by atoms with E-state index in [0.29, 0.717) is 18.0 Å². The Kier molecular flexibility index (Phi) is 7.93. The molecule has 0 amide bonds. The lowest BCUT2D eigenvalue weighted by Crippen LogP contribution is -2.43. The van der Waals surface area contributed by atoms with E-state index >= 15 is 0 Å². The highest BCUT2D eigenvalue weighted by Crippen LogP contribution is 2.11. The molecule has 2 heterocycles. The number of likely N-dealkylation sites (N-methyl/N-ethyl adjacent to an activating group) is 2. The standard InChI is InChI=1S/C8H18N2.C7H9ClN2O/c1-9(2)8-5-4-6-10(3)7-8;1-10-6(8)5-9-7(10)3-2-4-11/h8H,4-7H2,1-3H3;4-5H,2-3H2,1H3. The zero-order valence-electron chi connectivity index (χ0n) is 13.5. The van der Waals surface area contributed by atoms with Crippen LogP contribution in [0.4, 0.5) is 0 Å². The van der Waals surface area contributed by atoms with Crippen LogP contribution < -0.4 is 0 Å². The van der Waals surface area contributed by atoms with Crippen molar-refractivity contribution in [2.75, 3.05) is 34.2 Å². The Morgan fingerprint density at radius 2 is 2.19 bits per heavy atom. The van der Waals surface area contributed by atoms with E-state index in [2.05, 4.69) is 35.9 Å². The van der Waals surface area contributed by atoms with Crippen LogP contribution in [-0.4, -0.2) is 65.9 Å². The average Bonchev–Trinajstić information content (AvgIpc) is 2.77. The molecule has 1 atom stereocenters. The average molecular weight is 315 g/mol. The maximum absolute atomic E-state index is 10.0. The molecule has 0 spiro atoms. The second kappa shape index (κ2) is 9.18. The topological polar surface area (TPSA) is 41.4 Å². The fraction of sp³-hybridized carbons (Fsp3) is 0.733. The number of aromatic nitrogens is 2. The van der Waals surface area contributed by atoms with Crippen molar-refractivity contribution in [1.29, 1.82) is 0 Å². The van der Waals surface area contributed by atoms with E-state index in [-0.39, 0.29) is 0 Å². The molecule has 1 aromatic rings. The van der Waals surface area contributed by atoms with E-state index in [4.69, 9.17) is 11.6 Å². The molecule has 120 valence electrons. The molecule has 6 heteroatoms. The first kappa shape index (κ1) is 18.1. The Balaban J connectivity index is 0.000000211. The van der Waals surface area contributed by atoms with E-state index in [1.807, 2.05) is 7.05 Å². The predicted molar refractivity (Wildman–Crippen MR) is 86.8 cm³/mol. The van der Waals surface area contributed by atoms with Gasteiger partial charge in [-0.3, -0.25) is 0 Å². The number of aryl methyl sites for hydroxylation is 1. The largest absolute Gasteiger partial charge is 0.322 e. The molecule has 1 fully saturated rings. The maximum Gasteiger partial charge on any atom is 0.128 e. The van der Waals surface area contributed by atoms with Crippen LogP contribution >= 0.6 is 11.6 Å². The van der Waals surface area contributed by atoms with Gasteiger partial charge in [0, 0.05) is 32.5 Å². The summed E-state index contributed by atoms with van der Waals surface area (Å²) in [6, 6.07) is 0.791. The molecular formula is C15H27ClN4O. The number of carbonyl (C=O) groups excluding carboxylic acids is 1. The van der Waals surface area contributed by atoms with Crippen molar-refractivity contribution >= 4 is 17.9 Å². The van der Waals surface area contributed by atoms with E-state index in [9.17, 15) is 4.79 Å². The molecule has 0 aliphatic carbocycles. The van der Waals surface area contributed by atoms with Crippen molar-refractivity contribution in [2.24, 2.45) is 7.05 Å². The van der Waals surface area contributed by atoms with Crippen molar-refractivity contribution in [3.05, 3.63) is 17.2 Å². The molecule has 2 rings (SSSR count).